The SMILES string of the molecule is CCCCC(NCCOC(C)C)c1ccccc1. The van der Waals surface area contributed by atoms with Gasteiger partial charge in [-0.25, -0.2) is 0 Å². The summed E-state index contributed by atoms with van der Waals surface area (Å²) in [5, 5.41) is 3.60. The van der Waals surface area contributed by atoms with Crippen LogP contribution in [0, 0.1) is 0 Å². The van der Waals surface area contributed by atoms with Crippen molar-refractivity contribution in [2.75, 3.05) is 13.2 Å². The molecule has 0 heterocycles. The zero-order valence-electron chi connectivity index (χ0n) is 12.0. The second-order valence-corrected chi connectivity index (χ2v) is 4.98. The second kappa shape index (κ2) is 9.12. The first kappa shape index (κ1) is 15.2. The van der Waals surface area contributed by atoms with Gasteiger partial charge in [-0.2, -0.15) is 0 Å². The van der Waals surface area contributed by atoms with Crippen molar-refractivity contribution in [3.63, 3.8) is 0 Å². The molecular weight excluding hydrogens is 222 g/mol. The molecule has 0 saturated carbocycles. The molecule has 1 aromatic carbocycles. The Morgan fingerprint density at radius 1 is 1.17 bits per heavy atom. The molecule has 0 aromatic heterocycles. The van der Waals surface area contributed by atoms with Crippen LogP contribution >= 0.6 is 0 Å². The van der Waals surface area contributed by atoms with Gasteiger partial charge >= 0.3 is 0 Å². The molecule has 1 rings (SSSR count). The molecule has 0 aliphatic heterocycles. The molecule has 0 aliphatic carbocycles. The van der Waals surface area contributed by atoms with Crippen molar-refractivity contribution in [3.05, 3.63) is 35.9 Å². The van der Waals surface area contributed by atoms with Crippen molar-refractivity contribution in [3.8, 4) is 0 Å². The van der Waals surface area contributed by atoms with E-state index in [9.17, 15) is 0 Å². The minimum Gasteiger partial charge on any atom is -0.377 e. The lowest BCUT2D eigenvalue weighted by Crippen LogP contribution is -2.26. The van der Waals surface area contributed by atoms with E-state index in [1.807, 2.05) is 0 Å². The third-order valence-corrected chi connectivity index (χ3v) is 2.99. The number of hydrogen-bond donors (Lipinski definition) is 1. The highest BCUT2D eigenvalue weighted by Crippen LogP contribution is 2.18. The van der Waals surface area contributed by atoms with Crippen molar-refractivity contribution >= 4 is 0 Å². The fourth-order valence-corrected chi connectivity index (χ4v) is 2.01. The van der Waals surface area contributed by atoms with E-state index in [1.165, 1.54) is 24.8 Å². The molecule has 18 heavy (non-hydrogen) atoms. The van der Waals surface area contributed by atoms with Crippen molar-refractivity contribution < 1.29 is 4.74 Å². The van der Waals surface area contributed by atoms with Crippen molar-refractivity contribution in [1.29, 1.82) is 0 Å². The normalized spacial score (nSPS) is 12.9. The number of hydrogen-bond acceptors (Lipinski definition) is 2. The van der Waals surface area contributed by atoms with E-state index in [0.29, 0.717) is 12.1 Å². The van der Waals surface area contributed by atoms with E-state index in [1.54, 1.807) is 0 Å². The Hall–Kier alpha value is -0.860. The topological polar surface area (TPSA) is 21.3 Å². The maximum Gasteiger partial charge on any atom is 0.0594 e. The number of ether oxygens (including phenoxy) is 1. The molecule has 2 heteroatoms. The lowest BCUT2D eigenvalue weighted by molar-refractivity contribution is 0.0791. The first-order chi connectivity index (χ1) is 8.74. The van der Waals surface area contributed by atoms with Gasteiger partial charge in [0.15, 0.2) is 0 Å². The summed E-state index contributed by atoms with van der Waals surface area (Å²) in [6, 6.07) is 11.2. The van der Waals surface area contributed by atoms with Crippen LogP contribution in [0.2, 0.25) is 0 Å². The summed E-state index contributed by atoms with van der Waals surface area (Å²) in [5.74, 6) is 0. The van der Waals surface area contributed by atoms with Crippen LogP contribution in [0.25, 0.3) is 0 Å². The molecule has 1 atom stereocenters. The lowest BCUT2D eigenvalue weighted by Gasteiger charge is -2.19. The molecule has 0 amide bonds. The summed E-state index contributed by atoms with van der Waals surface area (Å²) in [6.45, 7) is 8.09. The Morgan fingerprint density at radius 2 is 1.89 bits per heavy atom. The summed E-state index contributed by atoms with van der Waals surface area (Å²) in [4.78, 5) is 0. The van der Waals surface area contributed by atoms with E-state index in [0.717, 1.165) is 13.2 Å². The van der Waals surface area contributed by atoms with Gasteiger partial charge in [0.1, 0.15) is 0 Å². The Morgan fingerprint density at radius 3 is 2.50 bits per heavy atom. The van der Waals surface area contributed by atoms with Crippen LogP contribution in [-0.2, 0) is 4.74 Å². The average Bonchev–Trinajstić information content (AvgIpc) is 2.38. The summed E-state index contributed by atoms with van der Waals surface area (Å²) in [5.41, 5.74) is 1.38. The first-order valence-electron chi connectivity index (χ1n) is 7.14. The fourth-order valence-electron chi connectivity index (χ4n) is 2.01. The van der Waals surface area contributed by atoms with Crippen LogP contribution in [0.1, 0.15) is 51.6 Å². The molecule has 1 N–H and O–H groups in total. The highest BCUT2D eigenvalue weighted by molar-refractivity contribution is 5.18. The maximum atomic E-state index is 5.57. The van der Waals surface area contributed by atoms with Gasteiger partial charge in [-0.05, 0) is 25.8 Å². The molecule has 2 nitrogen and oxygen atoms in total. The molecule has 0 saturated heterocycles. The lowest BCUT2D eigenvalue weighted by atomic mass is 10.0. The van der Waals surface area contributed by atoms with Crippen LogP contribution in [-0.4, -0.2) is 19.3 Å². The smallest absolute Gasteiger partial charge is 0.0594 e. The average molecular weight is 249 g/mol. The predicted molar refractivity (Wildman–Crippen MR) is 77.8 cm³/mol. The Bertz CT molecular complexity index is 297. The Labute approximate surface area is 112 Å². The zero-order valence-corrected chi connectivity index (χ0v) is 12.0. The van der Waals surface area contributed by atoms with Crippen LogP contribution in [0.3, 0.4) is 0 Å². The quantitative estimate of drug-likeness (QED) is 0.669. The van der Waals surface area contributed by atoms with E-state index in [4.69, 9.17) is 4.74 Å². The molecule has 0 fully saturated rings. The summed E-state index contributed by atoms with van der Waals surface area (Å²) >= 11 is 0. The predicted octanol–water partition coefficient (Wildman–Crippen LogP) is 3.93. The molecule has 0 aliphatic rings. The van der Waals surface area contributed by atoms with Crippen LogP contribution in [0.4, 0.5) is 0 Å². The highest BCUT2D eigenvalue weighted by atomic mass is 16.5. The van der Waals surface area contributed by atoms with Gasteiger partial charge in [0.05, 0.1) is 12.7 Å². The maximum absolute atomic E-state index is 5.57. The summed E-state index contributed by atoms with van der Waals surface area (Å²) < 4.78 is 5.57. The van der Waals surface area contributed by atoms with Gasteiger partial charge < -0.3 is 10.1 Å². The van der Waals surface area contributed by atoms with Crippen molar-refractivity contribution in [1.82, 2.24) is 5.32 Å². The minimum absolute atomic E-state index is 0.317. The molecular formula is C16H27NO. The third kappa shape index (κ3) is 6.18. The molecule has 0 radical (unpaired) electrons. The van der Waals surface area contributed by atoms with Crippen molar-refractivity contribution in [2.45, 2.75) is 52.2 Å². The first-order valence-corrected chi connectivity index (χ1v) is 7.14. The largest absolute Gasteiger partial charge is 0.377 e. The van der Waals surface area contributed by atoms with Gasteiger partial charge in [0.25, 0.3) is 0 Å². The van der Waals surface area contributed by atoms with Crippen molar-refractivity contribution in [2.24, 2.45) is 0 Å². The zero-order chi connectivity index (χ0) is 13.2. The fraction of sp³-hybridized carbons (Fsp3) is 0.625. The van der Waals surface area contributed by atoms with Crippen LogP contribution in [0.15, 0.2) is 30.3 Å². The van der Waals surface area contributed by atoms with E-state index >= 15 is 0 Å². The number of benzene rings is 1. The van der Waals surface area contributed by atoms with Gasteiger partial charge in [-0.15, -0.1) is 0 Å². The monoisotopic (exact) mass is 249 g/mol. The highest BCUT2D eigenvalue weighted by Gasteiger charge is 2.09. The van der Waals surface area contributed by atoms with E-state index in [-0.39, 0.29) is 0 Å². The van der Waals surface area contributed by atoms with E-state index in [2.05, 4.69) is 56.4 Å². The summed E-state index contributed by atoms with van der Waals surface area (Å²) in [6.07, 6.45) is 4.02. The Balaban J connectivity index is 2.41. The number of nitrogens with one attached hydrogen (secondary N) is 1. The van der Waals surface area contributed by atoms with Gasteiger partial charge in [-0.3, -0.25) is 0 Å². The molecule has 1 unspecified atom stereocenters. The van der Waals surface area contributed by atoms with Gasteiger partial charge in [0, 0.05) is 12.6 Å². The van der Waals surface area contributed by atoms with Gasteiger partial charge in [0.2, 0.25) is 0 Å². The minimum atomic E-state index is 0.317. The number of rotatable bonds is 9. The molecule has 0 bridgehead atoms. The van der Waals surface area contributed by atoms with Crippen LogP contribution < -0.4 is 5.32 Å². The molecule has 102 valence electrons. The number of unbranched alkanes of at least 4 members (excludes halogenated alkanes) is 1. The third-order valence-electron chi connectivity index (χ3n) is 2.99. The van der Waals surface area contributed by atoms with Crippen LogP contribution in [0.5, 0.6) is 0 Å². The molecule has 0 spiro atoms. The standard InChI is InChI=1S/C16H27NO/c1-4-5-11-16(15-9-7-6-8-10-15)17-12-13-18-14(2)3/h6-10,14,16-17H,4-5,11-13H2,1-3H3. The molecule has 1 aromatic rings. The van der Waals surface area contributed by atoms with E-state index < -0.39 is 0 Å². The second-order valence-electron chi connectivity index (χ2n) is 4.98. The van der Waals surface area contributed by atoms with Gasteiger partial charge in [-0.1, -0.05) is 50.1 Å². The summed E-state index contributed by atoms with van der Waals surface area (Å²) in [7, 11) is 0. The Kier molecular flexibility index (Phi) is 7.70.